The summed E-state index contributed by atoms with van der Waals surface area (Å²) in [6.07, 6.45) is 3.70. The Balaban J connectivity index is 0.971. The number of aromatic nitrogens is 4. The van der Waals surface area contributed by atoms with Crippen LogP contribution >= 0.6 is 0 Å². The molecule has 0 saturated carbocycles. The highest BCUT2D eigenvalue weighted by Gasteiger charge is 2.35. The van der Waals surface area contributed by atoms with Gasteiger partial charge in [-0.1, -0.05) is 190 Å². The number of nitrogens with zero attached hydrogens (tertiary/aromatic N) is 4. The van der Waals surface area contributed by atoms with Crippen molar-refractivity contribution in [3.63, 3.8) is 0 Å². The van der Waals surface area contributed by atoms with Gasteiger partial charge in [0, 0.05) is 34.5 Å². The van der Waals surface area contributed by atoms with E-state index in [0.29, 0.717) is 17.5 Å². The summed E-state index contributed by atoms with van der Waals surface area (Å²) in [5, 5.41) is 5.04. The van der Waals surface area contributed by atoms with E-state index in [2.05, 4.69) is 219 Å². The maximum Gasteiger partial charge on any atom is 0.164 e. The monoisotopic (exact) mass is 902 g/mol. The van der Waals surface area contributed by atoms with Crippen molar-refractivity contribution in [3.8, 4) is 123 Å². The van der Waals surface area contributed by atoms with E-state index in [1.165, 1.54) is 99.4 Å². The molecule has 0 N–H and O–H groups in total. The molecule has 0 bridgehead atoms. The largest absolute Gasteiger partial charge is 0.264 e. The topological polar surface area (TPSA) is 51.6 Å². The van der Waals surface area contributed by atoms with Gasteiger partial charge in [0.1, 0.15) is 0 Å². The van der Waals surface area contributed by atoms with Crippen molar-refractivity contribution in [1.29, 1.82) is 0 Å². The van der Waals surface area contributed by atoms with Crippen molar-refractivity contribution in [3.05, 3.63) is 230 Å². The van der Waals surface area contributed by atoms with Gasteiger partial charge >= 0.3 is 0 Å². The third-order valence-corrected chi connectivity index (χ3v) is 15.5. The van der Waals surface area contributed by atoms with Gasteiger partial charge in [0.15, 0.2) is 17.5 Å². The maximum absolute atomic E-state index is 5.48. The van der Waals surface area contributed by atoms with Gasteiger partial charge in [0.25, 0.3) is 0 Å². The lowest BCUT2D eigenvalue weighted by Crippen LogP contribution is -2.14. The average molecular weight is 903 g/mol. The zero-order valence-electron chi connectivity index (χ0n) is 39.1. The van der Waals surface area contributed by atoms with Crippen LogP contribution in [-0.4, -0.2) is 19.9 Å². The molecule has 0 radical (unpaired) electrons. The summed E-state index contributed by atoms with van der Waals surface area (Å²) in [7, 11) is 0. The zero-order valence-corrected chi connectivity index (χ0v) is 39.1. The van der Waals surface area contributed by atoms with Crippen LogP contribution in [-0.2, 0) is 5.41 Å². The highest BCUT2D eigenvalue weighted by Crippen LogP contribution is 2.53. The van der Waals surface area contributed by atoms with E-state index >= 15 is 0 Å². The van der Waals surface area contributed by atoms with E-state index in [0.717, 1.165) is 38.9 Å². The smallest absolute Gasteiger partial charge is 0.164 e. The van der Waals surface area contributed by atoms with E-state index < -0.39 is 0 Å². The zero-order chi connectivity index (χ0) is 47.0. The van der Waals surface area contributed by atoms with E-state index in [-0.39, 0.29) is 5.41 Å². The van der Waals surface area contributed by atoms with Crippen LogP contribution in [0.5, 0.6) is 0 Å². The third kappa shape index (κ3) is 5.92. The quantitative estimate of drug-likeness (QED) is 0.167. The molecule has 71 heavy (non-hydrogen) atoms. The van der Waals surface area contributed by atoms with Crippen LogP contribution in [0.25, 0.3) is 145 Å². The predicted octanol–water partition coefficient (Wildman–Crippen LogP) is 17.2. The molecule has 0 aliphatic heterocycles. The maximum atomic E-state index is 5.48. The highest BCUT2D eigenvalue weighted by atomic mass is 15.0. The second-order valence-electron chi connectivity index (χ2n) is 19.7. The van der Waals surface area contributed by atoms with Crippen molar-refractivity contribution >= 4 is 21.5 Å². The minimum atomic E-state index is -0.121. The van der Waals surface area contributed by atoms with Crippen LogP contribution in [0.1, 0.15) is 25.0 Å². The molecule has 0 amide bonds. The second kappa shape index (κ2) is 14.9. The molecular weight excluding hydrogens is 861 g/mol. The fraction of sp³-hybridized carbons (Fsp3) is 0.0448. The molecule has 0 unspecified atom stereocenters. The Bertz CT molecular complexity index is 4030. The van der Waals surface area contributed by atoms with Gasteiger partial charge in [-0.2, -0.15) is 0 Å². The van der Waals surface area contributed by atoms with E-state index in [9.17, 15) is 0 Å². The molecule has 4 heteroatoms. The van der Waals surface area contributed by atoms with E-state index in [1.807, 2.05) is 12.3 Å². The summed E-state index contributed by atoms with van der Waals surface area (Å²) in [6, 6.07) is 75.4. The molecule has 2 aromatic heterocycles. The lowest BCUT2D eigenvalue weighted by molar-refractivity contribution is 0.660. The number of hydrogen-bond acceptors (Lipinski definition) is 4. The molecule has 0 saturated heterocycles. The molecule has 3 aliphatic carbocycles. The first-order valence-electron chi connectivity index (χ1n) is 24.4. The Morgan fingerprint density at radius 1 is 0.282 bits per heavy atom. The van der Waals surface area contributed by atoms with Gasteiger partial charge in [-0.05, 0) is 152 Å². The Morgan fingerprint density at radius 2 is 0.732 bits per heavy atom. The summed E-state index contributed by atoms with van der Waals surface area (Å²) in [6.45, 7) is 4.63. The van der Waals surface area contributed by atoms with Gasteiger partial charge in [-0.3, -0.25) is 4.98 Å². The SMILES string of the molecule is CC1(C)c2ccccc2-c2cc(-c3nc(-c4ccc(-c5cccnc5)cc4)nc(-c4cc(-c5ccc6c7c(cccc57)-c5ccccc5-6)cc(-c5ccc6c7c(cccc57)-c5ccccc5-6)c4)n3)ccc21. The van der Waals surface area contributed by atoms with Gasteiger partial charge in [0.2, 0.25) is 0 Å². The summed E-state index contributed by atoms with van der Waals surface area (Å²) < 4.78 is 0. The first-order valence-corrected chi connectivity index (χ1v) is 24.4. The number of rotatable bonds is 6. The molecule has 2 heterocycles. The number of pyridine rings is 1. The fourth-order valence-corrected chi connectivity index (χ4v) is 12.2. The number of benzene rings is 10. The number of fused-ring (bicyclic) bond motifs is 9. The summed E-state index contributed by atoms with van der Waals surface area (Å²) in [5.74, 6) is 1.86. The molecule has 15 rings (SSSR count). The normalized spacial score (nSPS) is 13.0. The Labute approximate surface area is 411 Å². The van der Waals surface area contributed by atoms with Crippen molar-refractivity contribution in [2.45, 2.75) is 19.3 Å². The highest BCUT2D eigenvalue weighted by molar-refractivity contribution is 6.20. The Morgan fingerprint density at radius 3 is 1.31 bits per heavy atom. The summed E-state index contributed by atoms with van der Waals surface area (Å²) >= 11 is 0. The van der Waals surface area contributed by atoms with Crippen molar-refractivity contribution in [2.75, 3.05) is 0 Å². The second-order valence-corrected chi connectivity index (χ2v) is 19.7. The van der Waals surface area contributed by atoms with Crippen LogP contribution in [0.15, 0.2) is 219 Å². The van der Waals surface area contributed by atoms with Gasteiger partial charge < -0.3 is 0 Å². The van der Waals surface area contributed by atoms with Crippen molar-refractivity contribution in [1.82, 2.24) is 19.9 Å². The molecule has 0 fully saturated rings. The molecular formula is C67H42N4. The van der Waals surface area contributed by atoms with Gasteiger partial charge in [-0.25, -0.2) is 15.0 Å². The number of hydrogen-bond donors (Lipinski definition) is 0. The first-order chi connectivity index (χ1) is 34.9. The minimum Gasteiger partial charge on any atom is -0.264 e. The van der Waals surface area contributed by atoms with Crippen molar-refractivity contribution < 1.29 is 0 Å². The summed E-state index contributed by atoms with van der Waals surface area (Å²) in [4.78, 5) is 20.6. The van der Waals surface area contributed by atoms with E-state index in [1.54, 1.807) is 6.20 Å². The van der Waals surface area contributed by atoms with Crippen LogP contribution in [0.4, 0.5) is 0 Å². The molecule has 4 nitrogen and oxygen atoms in total. The fourth-order valence-electron chi connectivity index (χ4n) is 12.2. The van der Waals surface area contributed by atoms with Crippen LogP contribution < -0.4 is 0 Å². The van der Waals surface area contributed by atoms with Crippen LogP contribution in [0.3, 0.4) is 0 Å². The lowest BCUT2D eigenvalue weighted by atomic mass is 9.82. The average Bonchev–Trinajstić information content (AvgIpc) is 4.02. The van der Waals surface area contributed by atoms with Crippen LogP contribution in [0, 0.1) is 0 Å². The predicted molar refractivity (Wildman–Crippen MR) is 292 cm³/mol. The van der Waals surface area contributed by atoms with Crippen LogP contribution in [0.2, 0.25) is 0 Å². The molecule has 0 atom stereocenters. The third-order valence-electron chi connectivity index (χ3n) is 15.5. The molecule has 0 spiro atoms. The molecule has 10 aromatic carbocycles. The van der Waals surface area contributed by atoms with Crippen molar-refractivity contribution in [2.24, 2.45) is 0 Å². The molecule has 330 valence electrons. The summed E-state index contributed by atoms with van der Waals surface area (Å²) in [5.41, 5.74) is 24.7. The first kappa shape index (κ1) is 39.8. The Hall–Kier alpha value is -9.12. The van der Waals surface area contributed by atoms with Gasteiger partial charge in [0.05, 0.1) is 0 Å². The molecule has 3 aliphatic rings. The lowest BCUT2D eigenvalue weighted by Gasteiger charge is -2.21. The van der Waals surface area contributed by atoms with E-state index in [4.69, 9.17) is 15.0 Å². The molecule has 12 aromatic rings. The standard InChI is InChI=1S/C67H42N4/c1-67(2)60-22-8-7-17-52(60)59-37-41(27-32-61(59)67)65-69-64(40-25-23-39(24-26-40)42-12-11-33-68-38-42)70-66(71-65)45-35-43(46-28-30-57-50-15-5-3-13-48(50)55-20-9-18-53(46)62(55)57)34-44(36-45)47-29-31-58-51-16-6-4-14-49(51)56-21-10-19-54(47)63(56)58/h3-38H,1-2H3. The Kier molecular flexibility index (Phi) is 8.38. The van der Waals surface area contributed by atoms with Gasteiger partial charge in [-0.15, -0.1) is 0 Å². The minimum absolute atomic E-state index is 0.121.